The van der Waals surface area contributed by atoms with Crippen LogP contribution in [0.15, 0.2) is 18.2 Å². The fourth-order valence-corrected chi connectivity index (χ4v) is 1.99. The number of nitrogens with one attached hydrogen (secondary N) is 1. The molecular weight excluding hydrogens is 212 g/mol. The number of anilines is 2. The number of halogens is 1. The monoisotopic (exact) mass is 226 g/mol. The lowest BCUT2D eigenvalue weighted by atomic mass is 9.82. The maximum absolute atomic E-state index is 9.14. The Hall–Kier alpha value is -0.930. The van der Waals surface area contributed by atoms with Crippen LogP contribution in [0.5, 0.6) is 0 Å². The first-order chi connectivity index (χ1) is 7.16. The summed E-state index contributed by atoms with van der Waals surface area (Å²) in [6.45, 7) is 0.849. The number of rotatable bonds is 3. The SMILES string of the molecule is Nc1c(Cl)cccc1NCC1CC(O)C1. The second-order valence-electron chi connectivity index (χ2n) is 4.07. The highest BCUT2D eigenvalue weighted by atomic mass is 35.5. The number of benzene rings is 1. The zero-order valence-corrected chi connectivity index (χ0v) is 9.17. The van der Waals surface area contributed by atoms with E-state index in [1.54, 1.807) is 6.07 Å². The lowest BCUT2D eigenvalue weighted by Gasteiger charge is -2.31. The molecule has 1 aromatic carbocycles. The second kappa shape index (κ2) is 4.29. The van der Waals surface area contributed by atoms with Crippen molar-refractivity contribution in [2.45, 2.75) is 18.9 Å². The van der Waals surface area contributed by atoms with E-state index in [-0.39, 0.29) is 6.10 Å². The summed E-state index contributed by atoms with van der Waals surface area (Å²) in [7, 11) is 0. The van der Waals surface area contributed by atoms with Crippen LogP contribution in [-0.4, -0.2) is 17.8 Å². The minimum absolute atomic E-state index is 0.103. The van der Waals surface area contributed by atoms with Gasteiger partial charge in [0.25, 0.3) is 0 Å². The molecule has 0 radical (unpaired) electrons. The summed E-state index contributed by atoms with van der Waals surface area (Å²) >= 11 is 5.90. The number of nitrogen functional groups attached to an aromatic ring is 1. The minimum atomic E-state index is -0.103. The molecular formula is C11H15ClN2O. The molecule has 0 aliphatic heterocycles. The number of hydrogen-bond acceptors (Lipinski definition) is 3. The Morgan fingerprint density at radius 3 is 2.87 bits per heavy atom. The molecule has 4 N–H and O–H groups in total. The summed E-state index contributed by atoms with van der Waals surface area (Å²) in [5.74, 6) is 0.554. The van der Waals surface area contributed by atoms with Crippen LogP contribution in [0.1, 0.15) is 12.8 Å². The maximum atomic E-state index is 9.14. The van der Waals surface area contributed by atoms with Crippen LogP contribution in [0.2, 0.25) is 5.02 Å². The second-order valence-corrected chi connectivity index (χ2v) is 4.48. The molecule has 2 rings (SSSR count). The smallest absolute Gasteiger partial charge is 0.0739 e. The highest BCUT2D eigenvalue weighted by molar-refractivity contribution is 6.33. The zero-order chi connectivity index (χ0) is 10.8. The molecule has 82 valence electrons. The number of aliphatic hydroxyl groups is 1. The highest BCUT2D eigenvalue weighted by Gasteiger charge is 2.26. The van der Waals surface area contributed by atoms with E-state index >= 15 is 0 Å². The van der Waals surface area contributed by atoms with E-state index in [1.807, 2.05) is 12.1 Å². The highest BCUT2D eigenvalue weighted by Crippen LogP contribution is 2.30. The third-order valence-electron chi connectivity index (χ3n) is 2.84. The predicted molar refractivity (Wildman–Crippen MR) is 63.1 cm³/mol. The Balaban J connectivity index is 1.91. The third kappa shape index (κ3) is 2.36. The molecule has 15 heavy (non-hydrogen) atoms. The van der Waals surface area contributed by atoms with Crippen molar-refractivity contribution in [3.05, 3.63) is 23.2 Å². The molecule has 4 heteroatoms. The van der Waals surface area contributed by atoms with E-state index in [1.165, 1.54) is 0 Å². The van der Waals surface area contributed by atoms with Gasteiger partial charge in [-0.3, -0.25) is 0 Å². The molecule has 1 aliphatic carbocycles. The molecule has 1 saturated carbocycles. The Morgan fingerprint density at radius 2 is 2.20 bits per heavy atom. The minimum Gasteiger partial charge on any atom is -0.396 e. The van der Waals surface area contributed by atoms with Gasteiger partial charge in [-0.1, -0.05) is 17.7 Å². The number of para-hydroxylation sites is 1. The molecule has 0 aromatic heterocycles. The Labute approximate surface area is 94.2 Å². The van der Waals surface area contributed by atoms with Crippen LogP contribution in [0, 0.1) is 5.92 Å². The third-order valence-corrected chi connectivity index (χ3v) is 3.17. The van der Waals surface area contributed by atoms with E-state index in [0.717, 1.165) is 25.1 Å². The van der Waals surface area contributed by atoms with Crippen LogP contribution in [0.3, 0.4) is 0 Å². The van der Waals surface area contributed by atoms with Gasteiger partial charge in [-0.05, 0) is 30.9 Å². The molecule has 3 nitrogen and oxygen atoms in total. The molecule has 0 unspecified atom stereocenters. The number of aliphatic hydroxyl groups excluding tert-OH is 1. The quantitative estimate of drug-likeness (QED) is 0.692. The maximum Gasteiger partial charge on any atom is 0.0739 e. The summed E-state index contributed by atoms with van der Waals surface area (Å²) < 4.78 is 0. The van der Waals surface area contributed by atoms with Gasteiger partial charge in [-0.25, -0.2) is 0 Å². The van der Waals surface area contributed by atoms with Crippen molar-refractivity contribution in [3.63, 3.8) is 0 Å². The lowest BCUT2D eigenvalue weighted by Crippen LogP contribution is -2.33. The van der Waals surface area contributed by atoms with Crippen molar-refractivity contribution in [1.29, 1.82) is 0 Å². The van der Waals surface area contributed by atoms with E-state index in [4.69, 9.17) is 22.4 Å². The van der Waals surface area contributed by atoms with Crippen LogP contribution in [0.25, 0.3) is 0 Å². The van der Waals surface area contributed by atoms with Crippen molar-refractivity contribution in [3.8, 4) is 0 Å². The first-order valence-corrected chi connectivity index (χ1v) is 5.50. The molecule has 0 saturated heterocycles. The van der Waals surface area contributed by atoms with E-state index in [2.05, 4.69) is 5.32 Å². The summed E-state index contributed by atoms with van der Waals surface area (Å²) in [6.07, 6.45) is 1.66. The van der Waals surface area contributed by atoms with Gasteiger partial charge >= 0.3 is 0 Å². The van der Waals surface area contributed by atoms with E-state index in [0.29, 0.717) is 16.6 Å². The Bertz CT molecular complexity index is 350. The summed E-state index contributed by atoms with van der Waals surface area (Å²) in [5, 5.41) is 13.0. The van der Waals surface area contributed by atoms with Crippen molar-refractivity contribution in [2.24, 2.45) is 5.92 Å². The first kappa shape index (κ1) is 10.6. The summed E-state index contributed by atoms with van der Waals surface area (Å²) in [6, 6.07) is 5.56. The molecule has 1 aromatic rings. The van der Waals surface area contributed by atoms with Crippen LogP contribution in [0.4, 0.5) is 11.4 Å². The number of nitrogens with two attached hydrogens (primary N) is 1. The standard InChI is InChI=1S/C11H15ClN2O/c12-9-2-1-3-10(11(9)13)14-6-7-4-8(15)5-7/h1-3,7-8,14-15H,4-6,13H2. The average molecular weight is 227 g/mol. The van der Waals surface area contributed by atoms with Crippen molar-refractivity contribution in [2.75, 3.05) is 17.6 Å². The number of hydrogen-bond donors (Lipinski definition) is 3. The molecule has 0 atom stereocenters. The van der Waals surface area contributed by atoms with E-state index < -0.39 is 0 Å². The lowest BCUT2D eigenvalue weighted by molar-refractivity contribution is 0.0487. The zero-order valence-electron chi connectivity index (χ0n) is 8.41. The van der Waals surface area contributed by atoms with E-state index in [9.17, 15) is 0 Å². The molecule has 0 spiro atoms. The van der Waals surface area contributed by atoms with Crippen LogP contribution >= 0.6 is 11.6 Å². The molecule has 1 aliphatic rings. The van der Waals surface area contributed by atoms with Crippen LogP contribution < -0.4 is 11.1 Å². The Kier molecular flexibility index (Phi) is 3.03. The fourth-order valence-electron chi connectivity index (χ4n) is 1.81. The fraction of sp³-hybridized carbons (Fsp3) is 0.455. The van der Waals surface area contributed by atoms with Gasteiger partial charge in [0.2, 0.25) is 0 Å². The normalized spacial score (nSPS) is 24.7. The van der Waals surface area contributed by atoms with Crippen molar-refractivity contribution in [1.82, 2.24) is 0 Å². The molecule has 0 heterocycles. The van der Waals surface area contributed by atoms with Crippen LogP contribution in [-0.2, 0) is 0 Å². The van der Waals surface area contributed by atoms with Gasteiger partial charge in [0, 0.05) is 6.54 Å². The Morgan fingerprint density at radius 1 is 1.47 bits per heavy atom. The van der Waals surface area contributed by atoms with Gasteiger partial charge in [-0.2, -0.15) is 0 Å². The predicted octanol–water partition coefficient (Wildman–Crippen LogP) is 2.10. The molecule has 0 bridgehead atoms. The first-order valence-electron chi connectivity index (χ1n) is 5.12. The molecule has 1 fully saturated rings. The van der Waals surface area contributed by atoms with Gasteiger partial charge < -0.3 is 16.2 Å². The summed E-state index contributed by atoms with van der Waals surface area (Å²) in [5.41, 5.74) is 7.29. The average Bonchev–Trinajstić information content (AvgIpc) is 2.17. The van der Waals surface area contributed by atoms with Gasteiger partial charge in [-0.15, -0.1) is 0 Å². The molecule has 0 amide bonds. The topological polar surface area (TPSA) is 58.3 Å². The van der Waals surface area contributed by atoms with Crippen molar-refractivity contribution >= 4 is 23.0 Å². The van der Waals surface area contributed by atoms with Crippen molar-refractivity contribution < 1.29 is 5.11 Å². The van der Waals surface area contributed by atoms with Gasteiger partial charge in [0.1, 0.15) is 0 Å². The largest absolute Gasteiger partial charge is 0.396 e. The van der Waals surface area contributed by atoms with Gasteiger partial charge in [0.15, 0.2) is 0 Å². The summed E-state index contributed by atoms with van der Waals surface area (Å²) in [4.78, 5) is 0. The van der Waals surface area contributed by atoms with Gasteiger partial charge in [0.05, 0.1) is 22.5 Å².